The van der Waals surface area contributed by atoms with Crippen LogP contribution in [0.15, 0.2) is 36.5 Å². The molecule has 0 fully saturated rings. The zero-order chi connectivity index (χ0) is 24.0. The van der Waals surface area contributed by atoms with Gasteiger partial charge in [0.2, 0.25) is 0 Å². The molecule has 0 radical (unpaired) electrons. The SMILES string of the molecule is CCCc1cc(C(OCOC)(C(F)(F)F)C(F)(F)F)ccc1OCc1ccc(C#N)nc1. The van der Waals surface area contributed by atoms with Crippen LogP contribution in [0.25, 0.3) is 0 Å². The van der Waals surface area contributed by atoms with Gasteiger partial charge in [0, 0.05) is 24.4 Å². The number of aromatic nitrogens is 1. The van der Waals surface area contributed by atoms with Crippen molar-refractivity contribution in [1.29, 1.82) is 5.26 Å². The van der Waals surface area contributed by atoms with Crippen LogP contribution in [0.5, 0.6) is 5.75 Å². The van der Waals surface area contributed by atoms with E-state index in [4.69, 9.17) is 10.00 Å². The Hall–Kier alpha value is -2.84. The van der Waals surface area contributed by atoms with Gasteiger partial charge in [-0.1, -0.05) is 25.5 Å². The number of hydrogen-bond donors (Lipinski definition) is 0. The number of benzene rings is 1. The molecule has 0 atom stereocenters. The van der Waals surface area contributed by atoms with Crippen LogP contribution in [0.4, 0.5) is 26.3 Å². The van der Waals surface area contributed by atoms with E-state index < -0.39 is 30.3 Å². The second-order valence-corrected chi connectivity index (χ2v) is 6.75. The minimum Gasteiger partial charge on any atom is -0.489 e. The van der Waals surface area contributed by atoms with E-state index in [1.54, 1.807) is 13.0 Å². The first-order valence-electron chi connectivity index (χ1n) is 9.37. The maximum absolute atomic E-state index is 13.8. The molecule has 11 heteroatoms. The van der Waals surface area contributed by atoms with Gasteiger partial charge in [-0.25, -0.2) is 4.98 Å². The van der Waals surface area contributed by atoms with E-state index in [9.17, 15) is 26.3 Å². The van der Waals surface area contributed by atoms with E-state index in [0.717, 1.165) is 19.2 Å². The molecule has 2 aromatic rings. The van der Waals surface area contributed by atoms with E-state index >= 15 is 0 Å². The summed E-state index contributed by atoms with van der Waals surface area (Å²) in [6, 6.07) is 7.43. The second-order valence-electron chi connectivity index (χ2n) is 6.75. The number of nitriles is 1. The maximum atomic E-state index is 13.8. The third-order valence-corrected chi connectivity index (χ3v) is 4.51. The number of pyridine rings is 1. The first-order chi connectivity index (χ1) is 15.0. The van der Waals surface area contributed by atoms with Crippen molar-refractivity contribution >= 4 is 0 Å². The fraction of sp³-hybridized carbons (Fsp3) is 0.429. The molecule has 0 aliphatic rings. The summed E-state index contributed by atoms with van der Waals surface area (Å²) in [4.78, 5) is 3.88. The Morgan fingerprint density at radius 1 is 1.03 bits per heavy atom. The van der Waals surface area contributed by atoms with Gasteiger partial charge in [-0.3, -0.25) is 0 Å². The number of aryl methyl sites for hydroxylation is 1. The zero-order valence-electron chi connectivity index (χ0n) is 17.2. The van der Waals surface area contributed by atoms with Gasteiger partial charge in [-0.05, 0) is 30.2 Å². The average Bonchev–Trinajstić information content (AvgIpc) is 2.72. The van der Waals surface area contributed by atoms with Gasteiger partial charge in [-0.2, -0.15) is 31.6 Å². The van der Waals surface area contributed by atoms with Crippen LogP contribution in [-0.2, 0) is 28.1 Å². The molecule has 0 aliphatic carbocycles. The lowest BCUT2D eigenvalue weighted by Gasteiger charge is -2.37. The highest BCUT2D eigenvalue weighted by atomic mass is 19.4. The van der Waals surface area contributed by atoms with Crippen LogP contribution in [0.2, 0.25) is 0 Å². The van der Waals surface area contributed by atoms with Crippen molar-refractivity contribution < 1.29 is 40.6 Å². The van der Waals surface area contributed by atoms with Gasteiger partial charge < -0.3 is 14.2 Å². The first kappa shape index (κ1) is 25.4. The fourth-order valence-corrected chi connectivity index (χ4v) is 3.02. The number of rotatable bonds is 9. The summed E-state index contributed by atoms with van der Waals surface area (Å²) in [6.07, 6.45) is -9.59. The summed E-state index contributed by atoms with van der Waals surface area (Å²) >= 11 is 0. The Bertz CT molecular complexity index is 923. The molecule has 2 rings (SSSR count). The summed E-state index contributed by atoms with van der Waals surface area (Å²) in [5.41, 5.74) is -4.76. The Balaban J connectivity index is 2.46. The van der Waals surface area contributed by atoms with Gasteiger partial charge >= 0.3 is 12.4 Å². The number of alkyl halides is 6. The Morgan fingerprint density at radius 2 is 1.72 bits per heavy atom. The smallest absolute Gasteiger partial charge is 0.430 e. The highest BCUT2D eigenvalue weighted by Gasteiger charge is 2.73. The number of halogens is 6. The summed E-state index contributed by atoms with van der Waals surface area (Å²) in [6.45, 7) is 0.466. The third kappa shape index (κ3) is 5.31. The Labute approximate surface area is 180 Å². The van der Waals surface area contributed by atoms with Gasteiger partial charge in [0.25, 0.3) is 5.60 Å². The van der Waals surface area contributed by atoms with Gasteiger partial charge in [-0.15, -0.1) is 0 Å². The molecule has 0 spiro atoms. The number of nitrogens with zero attached hydrogens (tertiary/aromatic N) is 2. The van der Waals surface area contributed by atoms with E-state index in [1.165, 1.54) is 12.3 Å². The number of ether oxygens (including phenoxy) is 3. The highest BCUT2D eigenvalue weighted by Crippen LogP contribution is 2.53. The lowest BCUT2D eigenvalue weighted by Crippen LogP contribution is -2.56. The normalized spacial score (nSPS) is 12.5. The fourth-order valence-electron chi connectivity index (χ4n) is 3.02. The Kier molecular flexibility index (Phi) is 8.09. The molecular formula is C21H20F6N2O3. The topological polar surface area (TPSA) is 64.4 Å². The summed E-state index contributed by atoms with van der Waals surface area (Å²) in [5.74, 6) is 0.130. The van der Waals surface area contributed by atoms with Gasteiger partial charge in [0.1, 0.15) is 30.9 Å². The molecular weight excluding hydrogens is 442 g/mol. The van der Waals surface area contributed by atoms with Crippen LogP contribution in [0, 0.1) is 11.3 Å². The molecule has 1 aromatic heterocycles. The number of methoxy groups -OCH3 is 1. The summed E-state index contributed by atoms with van der Waals surface area (Å²) < 4.78 is 96.8. The van der Waals surface area contributed by atoms with Crippen LogP contribution < -0.4 is 4.74 Å². The van der Waals surface area contributed by atoms with Crippen LogP contribution >= 0.6 is 0 Å². The van der Waals surface area contributed by atoms with Crippen molar-refractivity contribution in [2.24, 2.45) is 0 Å². The summed E-state index contributed by atoms with van der Waals surface area (Å²) in [7, 11) is 0.926. The average molecular weight is 462 g/mol. The zero-order valence-corrected chi connectivity index (χ0v) is 17.2. The molecule has 0 bridgehead atoms. The van der Waals surface area contributed by atoms with E-state index in [0.29, 0.717) is 18.1 Å². The van der Waals surface area contributed by atoms with Crippen LogP contribution in [-0.4, -0.2) is 31.2 Å². The van der Waals surface area contributed by atoms with Crippen molar-refractivity contribution in [1.82, 2.24) is 4.98 Å². The molecule has 32 heavy (non-hydrogen) atoms. The predicted octanol–water partition coefficient (Wildman–Crippen LogP) is 5.43. The molecule has 0 aliphatic heterocycles. The van der Waals surface area contributed by atoms with E-state index in [2.05, 4.69) is 14.5 Å². The third-order valence-electron chi connectivity index (χ3n) is 4.51. The molecule has 1 aromatic carbocycles. The van der Waals surface area contributed by atoms with Crippen molar-refractivity contribution in [3.8, 4) is 11.8 Å². The number of hydrogen-bond acceptors (Lipinski definition) is 5. The minimum absolute atomic E-state index is 0.0430. The quantitative estimate of drug-likeness (QED) is 0.368. The van der Waals surface area contributed by atoms with Crippen molar-refractivity contribution in [3.05, 3.63) is 58.9 Å². The molecule has 1 heterocycles. The molecule has 174 valence electrons. The standard InChI is InChI=1S/C21H20F6N2O3/c1-3-4-15-9-16(19(20(22,23)24,21(25,26)27)32-13-30-2)6-8-18(15)31-12-14-5-7-17(10-28)29-11-14/h5-9,11H,3-4,12-13H2,1-2H3. The maximum Gasteiger partial charge on any atom is 0.430 e. The van der Waals surface area contributed by atoms with E-state index in [-0.39, 0.29) is 30.0 Å². The van der Waals surface area contributed by atoms with Gasteiger partial charge in [0.05, 0.1) is 0 Å². The minimum atomic E-state index is -5.80. The molecule has 0 saturated carbocycles. The van der Waals surface area contributed by atoms with Gasteiger partial charge in [0.15, 0.2) is 0 Å². The molecule has 0 unspecified atom stereocenters. The summed E-state index contributed by atoms with van der Waals surface area (Å²) in [5, 5.41) is 8.77. The molecule has 0 N–H and O–H groups in total. The molecule has 0 saturated heterocycles. The highest BCUT2D eigenvalue weighted by molar-refractivity contribution is 5.41. The molecule has 0 amide bonds. The first-order valence-corrected chi connectivity index (χ1v) is 9.37. The lowest BCUT2D eigenvalue weighted by atomic mass is 9.89. The predicted molar refractivity (Wildman–Crippen MR) is 100 cm³/mol. The van der Waals surface area contributed by atoms with Crippen molar-refractivity contribution in [2.45, 2.75) is 44.3 Å². The second kappa shape index (κ2) is 10.2. The Morgan fingerprint density at radius 3 is 2.22 bits per heavy atom. The molecule has 5 nitrogen and oxygen atoms in total. The lowest BCUT2D eigenvalue weighted by molar-refractivity contribution is -0.400. The largest absolute Gasteiger partial charge is 0.489 e. The van der Waals surface area contributed by atoms with Crippen molar-refractivity contribution in [3.63, 3.8) is 0 Å². The van der Waals surface area contributed by atoms with E-state index in [1.807, 2.05) is 6.07 Å². The van der Waals surface area contributed by atoms with Crippen LogP contribution in [0.3, 0.4) is 0 Å². The monoisotopic (exact) mass is 462 g/mol. The van der Waals surface area contributed by atoms with Crippen LogP contribution in [0.1, 0.15) is 35.7 Å². The van der Waals surface area contributed by atoms with Crippen molar-refractivity contribution in [2.75, 3.05) is 13.9 Å².